The van der Waals surface area contributed by atoms with Crippen LogP contribution < -0.4 is 21.9 Å². The number of amides is 1. The first-order valence-electron chi connectivity index (χ1n) is 10.6. The number of aromatic hydroxyl groups is 1. The van der Waals surface area contributed by atoms with Gasteiger partial charge in [0.2, 0.25) is 11.7 Å². The summed E-state index contributed by atoms with van der Waals surface area (Å²) < 4.78 is 0. The lowest BCUT2D eigenvalue weighted by Gasteiger charge is -2.15. The highest BCUT2D eigenvalue weighted by Gasteiger charge is 2.21. The van der Waals surface area contributed by atoms with Crippen molar-refractivity contribution in [3.63, 3.8) is 0 Å². The molecule has 0 aliphatic rings. The van der Waals surface area contributed by atoms with Gasteiger partial charge < -0.3 is 16.2 Å². The lowest BCUT2D eigenvalue weighted by atomic mass is 9.91. The third kappa shape index (κ3) is 4.15. The molecule has 1 heterocycles. The van der Waals surface area contributed by atoms with Crippen LogP contribution in [0.15, 0.2) is 76.3 Å². The molecule has 5 rings (SSSR count). The van der Waals surface area contributed by atoms with Crippen molar-refractivity contribution in [2.75, 3.05) is 5.32 Å². The van der Waals surface area contributed by atoms with E-state index < -0.39 is 22.5 Å². The number of anilines is 2. The summed E-state index contributed by atoms with van der Waals surface area (Å²) in [6, 6.07) is 20.2. The summed E-state index contributed by atoms with van der Waals surface area (Å²) in [7, 11) is 0. The first-order chi connectivity index (χ1) is 16.9. The van der Waals surface area contributed by atoms with Crippen molar-refractivity contribution in [1.82, 2.24) is 20.6 Å². The molecule has 0 aliphatic carbocycles. The molecule has 0 fully saturated rings. The molecule has 4 aromatic carbocycles. The van der Waals surface area contributed by atoms with Crippen molar-refractivity contribution in [2.45, 2.75) is 6.42 Å². The molecule has 0 saturated carbocycles. The number of benzene rings is 3. The van der Waals surface area contributed by atoms with E-state index in [1.165, 1.54) is 0 Å². The van der Waals surface area contributed by atoms with E-state index in [9.17, 15) is 19.5 Å². The quantitative estimate of drug-likeness (QED) is 0.265. The van der Waals surface area contributed by atoms with Gasteiger partial charge in [0.05, 0.1) is 0 Å². The van der Waals surface area contributed by atoms with Crippen LogP contribution in [0.1, 0.15) is 21.5 Å². The minimum Gasteiger partial charge on any atom is -0.502 e. The molecule has 10 nitrogen and oxygen atoms in total. The van der Waals surface area contributed by atoms with Gasteiger partial charge in [0.15, 0.2) is 5.75 Å². The number of carbonyl (C=O) groups excluding carboxylic acids is 1. The van der Waals surface area contributed by atoms with E-state index in [0.29, 0.717) is 29.1 Å². The molecular weight excluding hydrogens is 448 g/mol. The number of aromatic nitrogens is 4. The van der Waals surface area contributed by atoms with E-state index in [2.05, 4.69) is 25.9 Å². The van der Waals surface area contributed by atoms with Crippen LogP contribution in [0.3, 0.4) is 0 Å². The maximum absolute atomic E-state index is 11.9. The van der Waals surface area contributed by atoms with Crippen LogP contribution in [0.4, 0.5) is 11.4 Å². The van der Waals surface area contributed by atoms with E-state index in [1.807, 2.05) is 36.4 Å². The fraction of sp³-hybridized carbons (Fsp3) is 0.0400. The fourth-order valence-electron chi connectivity index (χ4n) is 3.90. The number of nitrogens with zero attached hydrogens (tertiary/aromatic N) is 3. The van der Waals surface area contributed by atoms with Crippen LogP contribution >= 0.6 is 0 Å². The van der Waals surface area contributed by atoms with E-state index in [0.717, 1.165) is 22.3 Å². The number of tetrazole rings is 1. The smallest absolute Gasteiger partial charge is 0.271 e. The highest BCUT2D eigenvalue weighted by molar-refractivity contribution is 5.94. The van der Waals surface area contributed by atoms with Crippen molar-refractivity contribution < 1.29 is 9.90 Å². The Bertz CT molecular complexity index is 1620. The van der Waals surface area contributed by atoms with Crippen LogP contribution in [-0.2, 0) is 6.42 Å². The molecule has 10 heteroatoms. The maximum Gasteiger partial charge on any atom is 0.271 e. The standard InChI is InChI=1S/C25H18N6O4/c26-24(35)14-6-7-19(15(9-14)8-13-4-2-1-3-5-13)16-10-17(25-28-30-31-29-25)12-18(11-16)27-20-21(32)23(34)22(20)33/h1-7,9-12,27,32H,8H2,(H2,26,35)(H,28,29,30,31). The number of carbonyl (C=O) groups is 1. The van der Waals surface area contributed by atoms with E-state index in [-0.39, 0.29) is 5.69 Å². The summed E-state index contributed by atoms with van der Waals surface area (Å²) in [5.74, 6) is -0.844. The van der Waals surface area contributed by atoms with Gasteiger partial charge >= 0.3 is 0 Å². The zero-order valence-electron chi connectivity index (χ0n) is 18.1. The summed E-state index contributed by atoms with van der Waals surface area (Å²) in [4.78, 5) is 35.2. The lowest BCUT2D eigenvalue weighted by molar-refractivity contribution is 0.1000. The number of hydrogen-bond donors (Lipinski definition) is 4. The molecular formula is C25H18N6O4. The Morgan fingerprint density at radius 1 is 0.971 bits per heavy atom. The minimum absolute atomic E-state index is 0.181. The first-order valence-corrected chi connectivity index (χ1v) is 10.6. The van der Waals surface area contributed by atoms with Gasteiger partial charge in [-0.05, 0) is 64.2 Å². The number of primary amides is 1. The summed E-state index contributed by atoms with van der Waals surface area (Å²) in [5, 5.41) is 26.7. The minimum atomic E-state index is -0.936. The maximum atomic E-state index is 11.9. The van der Waals surface area contributed by atoms with Gasteiger partial charge in [0, 0.05) is 16.8 Å². The summed E-state index contributed by atoms with van der Waals surface area (Å²) in [5.41, 5.74) is 8.39. The van der Waals surface area contributed by atoms with Gasteiger partial charge in [0.25, 0.3) is 10.9 Å². The van der Waals surface area contributed by atoms with Crippen molar-refractivity contribution >= 4 is 17.3 Å². The zero-order chi connectivity index (χ0) is 24.5. The average molecular weight is 466 g/mol. The van der Waals surface area contributed by atoms with Gasteiger partial charge in [-0.1, -0.05) is 36.4 Å². The van der Waals surface area contributed by atoms with Crippen LogP contribution in [0.5, 0.6) is 5.75 Å². The highest BCUT2D eigenvalue weighted by Crippen LogP contribution is 2.34. The molecule has 1 aromatic heterocycles. The molecule has 172 valence electrons. The summed E-state index contributed by atoms with van der Waals surface area (Å²) in [6.07, 6.45) is 0.533. The third-order valence-corrected chi connectivity index (χ3v) is 5.63. The fourth-order valence-corrected chi connectivity index (χ4v) is 3.90. The molecule has 0 saturated heterocycles. The molecule has 0 atom stereocenters. The molecule has 0 unspecified atom stereocenters. The Kier molecular flexibility index (Phi) is 5.38. The molecule has 0 spiro atoms. The number of hydrogen-bond acceptors (Lipinski definition) is 8. The number of nitrogens with two attached hydrogens (primary N) is 1. The number of rotatable bonds is 7. The van der Waals surface area contributed by atoms with E-state index in [1.54, 1.807) is 30.3 Å². The van der Waals surface area contributed by atoms with Crippen LogP contribution in [-0.4, -0.2) is 31.6 Å². The van der Waals surface area contributed by atoms with Crippen molar-refractivity contribution in [1.29, 1.82) is 0 Å². The van der Waals surface area contributed by atoms with Crippen LogP contribution in [0, 0.1) is 0 Å². The Hall–Kier alpha value is -5.12. The van der Waals surface area contributed by atoms with Crippen LogP contribution in [0.25, 0.3) is 22.5 Å². The SMILES string of the molecule is NC(=O)c1ccc(-c2cc(Nc3c(O)c(=O)c3=O)cc(-c3nn[nH]n3)c2)c(Cc2ccccc2)c1. The number of H-pyrrole nitrogens is 1. The zero-order valence-corrected chi connectivity index (χ0v) is 18.1. The Balaban J connectivity index is 1.65. The van der Waals surface area contributed by atoms with Crippen LogP contribution in [0.2, 0.25) is 0 Å². The van der Waals surface area contributed by atoms with Gasteiger partial charge in [-0.2, -0.15) is 5.21 Å². The average Bonchev–Trinajstić information content (AvgIpc) is 3.42. The second-order valence-electron chi connectivity index (χ2n) is 7.94. The molecule has 5 aromatic rings. The first kappa shape index (κ1) is 21.7. The van der Waals surface area contributed by atoms with E-state index in [4.69, 9.17) is 5.73 Å². The van der Waals surface area contributed by atoms with Gasteiger partial charge in [-0.3, -0.25) is 14.4 Å². The number of nitrogens with one attached hydrogen (secondary N) is 2. The number of aromatic amines is 1. The molecule has 0 bridgehead atoms. The molecule has 35 heavy (non-hydrogen) atoms. The monoisotopic (exact) mass is 466 g/mol. The Morgan fingerprint density at radius 2 is 1.74 bits per heavy atom. The van der Waals surface area contributed by atoms with Crippen molar-refractivity contribution in [3.8, 4) is 28.3 Å². The predicted octanol–water partition coefficient (Wildman–Crippen LogP) is 2.27. The van der Waals surface area contributed by atoms with Gasteiger partial charge in [-0.15, -0.1) is 10.2 Å². The predicted molar refractivity (Wildman–Crippen MR) is 129 cm³/mol. The molecule has 1 amide bonds. The molecule has 0 aliphatic heterocycles. The largest absolute Gasteiger partial charge is 0.502 e. The molecule has 5 N–H and O–H groups in total. The topological polar surface area (TPSA) is 164 Å². The Labute approximate surface area is 197 Å². The lowest BCUT2D eigenvalue weighted by Crippen LogP contribution is -2.32. The summed E-state index contributed by atoms with van der Waals surface area (Å²) >= 11 is 0. The normalized spacial score (nSPS) is 11.0. The van der Waals surface area contributed by atoms with E-state index >= 15 is 0 Å². The summed E-state index contributed by atoms with van der Waals surface area (Å²) in [6.45, 7) is 0. The molecule has 0 radical (unpaired) electrons. The van der Waals surface area contributed by atoms with Crippen molar-refractivity contribution in [2.24, 2.45) is 5.73 Å². The van der Waals surface area contributed by atoms with Crippen molar-refractivity contribution in [3.05, 3.63) is 104 Å². The Morgan fingerprint density at radius 3 is 2.43 bits per heavy atom. The second-order valence-corrected chi connectivity index (χ2v) is 7.94. The third-order valence-electron chi connectivity index (χ3n) is 5.63. The second kappa shape index (κ2) is 8.67. The van der Waals surface area contributed by atoms with Gasteiger partial charge in [-0.25, -0.2) is 0 Å². The van der Waals surface area contributed by atoms with Gasteiger partial charge in [0.1, 0.15) is 5.69 Å². The highest BCUT2D eigenvalue weighted by atomic mass is 16.3.